The van der Waals surface area contributed by atoms with Crippen LogP contribution in [0.1, 0.15) is 77.6 Å². The molecule has 20 heavy (non-hydrogen) atoms. The lowest BCUT2D eigenvalue weighted by atomic mass is 9.90. The number of hydrogen-bond acceptors (Lipinski definition) is 2. The lowest BCUT2D eigenvalue weighted by Gasteiger charge is -2.34. The second kappa shape index (κ2) is 9.78. The van der Waals surface area contributed by atoms with Gasteiger partial charge in [-0.2, -0.15) is 0 Å². The van der Waals surface area contributed by atoms with E-state index in [2.05, 4.69) is 17.1 Å². The van der Waals surface area contributed by atoms with Gasteiger partial charge in [0.15, 0.2) is 0 Å². The molecular weight excluding hydrogens is 244 g/mol. The highest BCUT2D eigenvalue weighted by Gasteiger charge is 2.31. The van der Waals surface area contributed by atoms with E-state index in [1.54, 1.807) is 0 Å². The van der Waals surface area contributed by atoms with E-state index in [0.29, 0.717) is 0 Å². The fourth-order valence-corrected chi connectivity index (χ4v) is 4.14. The molecule has 0 saturated carbocycles. The number of nitrogens with zero attached hydrogens (tertiary/aromatic N) is 1. The van der Waals surface area contributed by atoms with Crippen LogP contribution in [-0.2, 0) is 0 Å². The largest absolute Gasteiger partial charge is 0.316 e. The molecule has 2 aliphatic heterocycles. The van der Waals surface area contributed by atoms with Crippen molar-refractivity contribution in [2.45, 2.75) is 83.6 Å². The number of rotatable bonds is 9. The maximum absolute atomic E-state index is 3.60. The lowest BCUT2D eigenvalue weighted by Crippen LogP contribution is -2.43. The SMILES string of the molecule is CCCCCCCCCN1CCCC1C1CCCNC1. The molecule has 1 N–H and O–H groups in total. The van der Waals surface area contributed by atoms with E-state index in [1.807, 2.05) is 0 Å². The van der Waals surface area contributed by atoms with Crippen molar-refractivity contribution < 1.29 is 0 Å². The van der Waals surface area contributed by atoms with Crippen LogP contribution in [0.25, 0.3) is 0 Å². The van der Waals surface area contributed by atoms with Gasteiger partial charge in [-0.3, -0.25) is 0 Å². The summed E-state index contributed by atoms with van der Waals surface area (Å²) in [6.45, 7) is 7.57. The second-order valence-corrected chi connectivity index (χ2v) is 6.97. The maximum atomic E-state index is 3.60. The first-order valence-corrected chi connectivity index (χ1v) is 9.36. The highest BCUT2D eigenvalue weighted by Crippen LogP contribution is 2.28. The molecule has 0 radical (unpaired) electrons. The average molecular weight is 280 g/mol. The van der Waals surface area contributed by atoms with Crippen LogP contribution in [0.2, 0.25) is 0 Å². The third-order valence-corrected chi connectivity index (χ3v) is 5.34. The zero-order valence-corrected chi connectivity index (χ0v) is 13.7. The molecule has 2 rings (SSSR count). The Bertz CT molecular complexity index is 236. The summed E-state index contributed by atoms with van der Waals surface area (Å²) in [4.78, 5) is 2.82. The summed E-state index contributed by atoms with van der Waals surface area (Å²) in [5.41, 5.74) is 0. The van der Waals surface area contributed by atoms with Crippen molar-refractivity contribution in [3.8, 4) is 0 Å². The second-order valence-electron chi connectivity index (χ2n) is 6.97. The van der Waals surface area contributed by atoms with Crippen molar-refractivity contribution in [3.05, 3.63) is 0 Å². The van der Waals surface area contributed by atoms with Crippen LogP contribution in [0.15, 0.2) is 0 Å². The summed E-state index contributed by atoms with van der Waals surface area (Å²) in [6.07, 6.45) is 15.8. The Morgan fingerprint density at radius 2 is 1.75 bits per heavy atom. The first kappa shape index (κ1) is 16.3. The monoisotopic (exact) mass is 280 g/mol. The maximum Gasteiger partial charge on any atom is 0.0136 e. The van der Waals surface area contributed by atoms with Crippen LogP contribution in [0, 0.1) is 5.92 Å². The molecule has 0 aromatic carbocycles. The van der Waals surface area contributed by atoms with E-state index in [0.717, 1.165) is 12.0 Å². The molecule has 2 aliphatic rings. The predicted octanol–water partition coefficient (Wildman–Crippen LogP) is 4.20. The van der Waals surface area contributed by atoms with Gasteiger partial charge in [-0.05, 0) is 64.2 Å². The van der Waals surface area contributed by atoms with Gasteiger partial charge in [-0.1, -0.05) is 45.4 Å². The van der Waals surface area contributed by atoms with Crippen molar-refractivity contribution in [1.82, 2.24) is 10.2 Å². The Morgan fingerprint density at radius 1 is 0.950 bits per heavy atom. The van der Waals surface area contributed by atoms with Crippen LogP contribution in [-0.4, -0.2) is 37.1 Å². The number of piperidine rings is 1. The van der Waals surface area contributed by atoms with Gasteiger partial charge in [0, 0.05) is 6.04 Å². The van der Waals surface area contributed by atoms with E-state index >= 15 is 0 Å². The van der Waals surface area contributed by atoms with Crippen LogP contribution >= 0.6 is 0 Å². The number of hydrogen-bond donors (Lipinski definition) is 1. The molecule has 2 fully saturated rings. The third kappa shape index (κ3) is 5.37. The van der Waals surface area contributed by atoms with Gasteiger partial charge in [-0.25, -0.2) is 0 Å². The molecule has 2 saturated heterocycles. The molecule has 2 atom stereocenters. The molecule has 0 aromatic rings. The first-order valence-electron chi connectivity index (χ1n) is 9.36. The van der Waals surface area contributed by atoms with Crippen molar-refractivity contribution >= 4 is 0 Å². The summed E-state index contributed by atoms with van der Waals surface area (Å²) in [7, 11) is 0. The van der Waals surface area contributed by atoms with Gasteiger partial charge in [0.2, 0.25) is 0 Å². The molecule has 0 spiro atoms. The summed E-state index contributed by atoms with van der Waals surface area (Å²) < 4.78 is 0. The summed E-state index contributed by atoms with van der Waals surface area (Å²) in [6, 6.07) is 0.905. The Kier molecular flexibility index (Phi) is 7.97. The minimum absolute atomic E-state index is 0.905. The van der Waals surface area contributed by atoms with Crippen LogP contribution < -0.4 is 5.32 Å². The Hall–Kier alpha value is -0.0800. The highest BCUT2D eigenvalue weighted by atomic mass is 15.2. The van der Waals surface area contributed by atoms with Crippen molar-refractivity contribution in [3.63, 3.8) is 0 Å². The van der Waals surface area contributed by atoms with Gasteiger partial charge in [0.25, 0.3) is 0 Å². The molecule has 0 aromatic heterocycles. The molecule has 118 valence electrons. The van der Waals surface area contributed by atoms with Gasteiger partial charge in [0.1, 0.15) is 0 Å². The summed E-state index contributed by atoms with van der Waals surface area (Å²) in [5.74, 6) is 0.941. The quantitative estimate of drug-likeness (QED) is 0.637. The van der Waals surface area contributed by atoms with Crippen molar-refractivity contribution in [1.29, 1.82) is 0 Å². The Morgan fingerprint density at radius 3 is 2.50 bits per heavy atom. The van der Waals surface area contributed by atoms with E-state index in [-0.39, 0.29) is 0 Å². The average Bonchev–Trinajstić information content (AvgIpc) is 2.96. The van der Waals surface area contributed by atoms with Crippen molar-refractivity contribution in [2.24, 2.45) is 5.92 Å². The third-order valence-electron chi connectivity index (χ3n) is 5.34. The van der Waals surface area contributed by atoms with Crippen LogP contribution in [0.4, 0.5) is 0 Å². The molecular formula is C18H36N2. The fraction of sp³-hybridized carbons (Fsp3) is 1.00. The molecule has 0 bridgehead atoms. The summed E-state index contributed by atoms with van der Waals surface area (Å²) in [5, 5.41) is 3.60. The lowest BCUT2D eigenvalue weighted by molar-refractivity contribution is 0.163. The first-order chi connectivity index (χ1) is 9.92. The van der Waals surface area contributed by atoms with E-state index in [9.17, 15) is 0 Å². The Balaban J connectivity index is 1.57. The zero-order chi connectivity index (χ0) is 14.0. The van der Waals surface area contributed by atoms with Gasteiger partial charge in [-0.15, -0.1) is 0 Å². The highest BCUT2D eigenvalue weighted by molar-refractivity contribution is 4.87. The zero-order valence-electron chi connectivity index (χ0n) is 13.7. The van der Waals surface area contributed by atoms with Gasteiger partial charge in [0.05, 0.1) is 0 Å². The molecule has 0 aliphatic carbocycles. The standard InChI is InChI=1S/C18H36N2/c1-2-3-4-5-6-7-8-14-20-15-10-12-18(20)17-11-9-13-19-16-17/h17-19H,2-16H2,1H3. The van der Waals surface area contributed by atoms with Crippen molar-refractivity contribution in [2.75, 3.05) is 26.2 Å². The van der Waals surface area contributed by atoms with E-state index in [4.69, 9.17) is 0 Å². The van der Waals surface area contributed by atoms with E-state index in [1.165, 1.54) is 96.8 Å². The molecule has 2 unspecified atom stereocenters. The summed E-state index contributed by atoms with van der Waals surface area (Å²) >= 11 is 0. The normalized spacial score (nSPS) is 28.1. The van der Waals surface area contributed by atoms with Gasteiger partial charge < -0.3 is 10.2 Å². The topological polar surface area (TPSA) is 15.3 Å². The van der Waals surface area contributed by atoms with Crippen LogP contribution in [0.5, 0.6) is 0 Å². The van der Waals surface area contributed by atoms with Gasteiger partial charge >= 0.3 is 0 Å². The Labute approximate surface area is 126 Å². The molecule has 2 heterocycles. The molecule has 2 nitrogen and oxygen atoms in total. The molecule has 0 amide bonds. The number of nitrogens with one attached hydrogen (secondary N) is 1. The smallest absolute Gasteiger partial charge is 0.0136 e. The molecule has 2 heteroatoms. The fourth-order valence-electron chi connectivity index (χ4n) is 4.14. The van der Waals surface area contributed by atoms with Crippen LogP contribution in [0.3, 0.4) is 0 Å². The number of unbranched alkanes of at least 4 members (excludes halogenated alkanes) is 6. The number of likely N-dealkylation sites (tertiary alicyclic amines) is 1. The minimum atomic E-state index is 0.905. The minimum Gasteiger partial charge on any atom is -0.316 e. The van der Waals surface area contributed by atoms with E-state index < -0.39 is 0 Å². The predicted molar refractivity (Wildman–Crippen MR) is 88.2 cm³/mol.